The Hall–Kier alpha value is -2.44. The van der Waals surface area contributed by atoms with Crippen LogP contribution in [0.2, 0.25) is 0 Å². The zero-order valence-corrected chi connectivity index (χ0v) is 20.7. The molecule has 1 aromatic heterocycles. The molecule has 33 heavy (non-hydrogen) atoms. The third-order valence-corrected chi connectivity index (χ3v) is 7.32. The Morgan fingerprint density at radius 2 is 2.15 bits per heavy atom. The number of aliphatic imine (C=N–C) groups is 1. The van der Waals surface area contributed by atoms with E-state index in [9.17, 15) is 4.79 Å². The fraction of sp³-hybridized carbons (Fsp3) is 0.556. The fourth-order valence-electron chi connectivity index (χ4n) is 5.86. The highest BCUT2D eigenvalue weighted by molar-refractivity contribution is 5.98. The van der Waals surface area contributed by atoms with E-state index in [2.05, 4.69) is 64.8 Å². The Morgan fingerprint density at radius 3 is 2.88 bits per heavy atom. The number of aromatic nitrogens is 1. The van der Waals surface area contributed by atoms with Crippen LogP contribution in [0.5, 0.6) is 0 Å². The Labute approximate surface area is 198 Å². The second-order valence-corrected chi connectivity index (χ2v) is 9.81. The molecule has 0 unspecified atom stereocenters. The first-order valence-electron chi connectivity index (χ1n) is 12.4. The molecule has 6 heteroatoms. The number of amidine groups is 1. The van der Waals surface area contributed by atoms with Crippen molar-refractivity contribution in [1.82, 2.24) is 19.7 Å². The van der Waals surface area contributed by atoms with Crippen LogP contribution in [0, 0.1) is 5.92 Å². The fourth-order valence-corrected chi connectivity index (χ4v) is 5.86. The van der Waals surface area contributed by atoms with Gasteiger partial charge in [0.2, 0.25) is 5.91 Å². The number of carbonyl (C=O) groups excluding carboxylic acids is 1. The molecule has 0 saturated carbocycles. The van der Waals surface area contributed by atoms with Crippen molar-refractivity contribution < 1.29 is 4.79 Å². The summed E-state index contributed by atoms with van der Waals surface area (Å²) in [6, 6.07) is 6.99. The minimum Gasteiger partial charge on any atom is -0.361 e. The first kappa shape index (κ1) is 23.7. The van der Waals surface area contributed by atoms with Crippen LogP contribution in [0.15, 0.2) is 42.0 Å². The van der Waals surface area contributed by atoms with E-state index in [0.717, 1.165) is 51.3 Å². The van der Waals surface area contributed by atoms with Crippen molar-refractivity contribution >= 4 is 22.6 Å². The van der Waals surface area contributed by atoms with E-state index in [0.29, 0.717) is 18.5 Å². The van der Waals surface area contributed by atoms with Gasteiger partial charge in [-0.3, -0.25) is 14.7 Å². The monoisotopic (exact) mass is 449 g/mol. The van der Waals surface area contributed by atoms with Crippen LogP contribution in [0.3, 0.4) is 0 Å². The number of likely N-dealkylation sites (tertiary alicyclic amines) is 1. The average molecular weight is 450 g/mol. The van der Waals surface area contributed by atoms with Gasteiger partial charge in [-0.15, -0.1) is 6.58 Å². The van der Waals surface area contributed by atoms with Gasteiger partial charge in [-0.05, 0) is 70.9 Å². The van der Waals surface area contributed by atoms with Crippen LogP contribution in [0.25, 0.3) is 10.9 Å². The molecule has 0 bridgehead atoms. The Morgan fingerprint density at radius 1 is 1.33 bits per heavy atom. The number of H-pyrrole nitrogens is 1. The largest absolute Gasteiger partial charge is 0.361 e. The predicted molar refractivity (Wildman–Crippen MR) is 137 cm³/mol. The highest BCUT2D eigenvalue weighted by Gasteiger charge is 2.43. The number of benzene rings is 1. The summed E-state index contributed by atoms with van der Waals surface area (Å²) in [7, 11) is 4.15. The zero-order chi connectivity index (χ0) is 23.5. The molecule has 1 fully saturated rings. The number of nitrogens with zero attached hydrogens (tertiary/aromatic N) is 4. The van der Waals surface area contributed by atoms with Crippen molar-refractivity contribution in [2.45, 2.75) is 45.1 Å². The van der Waals surface area contributed by atoms with Gasteiger partial charge in [0.15, 0.2) is 0 Å². The van der Waals surface area contributed by atoms with Gasteiger partial charge in [-0.25, -0.2) is 0 Å². The minimum absolute atomic E-state index is 0.0386. The van der Waals surface area contributed by atoms with Gasteiger partial charge in [0.1, 0.15) is 5.84 Å². The summed E-state index contributed by atoms with van der Waals surface area (Å²) in [5.41, 5.74) is 4.00. The molecule has 1 aromatic carbocycles. The van der Waals surface area contributed by atoms with Crippen molar-refractivity contribution in [3.8, 4) is 0 Å². The molecular formula is C27H39N5O. The molecule has 2 aromatic rings. The first-order chi connectivity index (χ1) is 15.9. The number of aromatic amines is 1. The van der Waals surface area contributed by atoms with E-state index in [4.69, 9.17) is 0 Å². The molecule has 1 saturated heterocycles. The van der Waals surface area contributed by atoms with Crippen molar-refractivity contribution in [3.05, 3.63) is 48.2 Å². The maximum atomic E-state index is 13.9. The van der Waals surface area contributed by atoms with E-state index in [1.165, 1.54) is 22.0 Å². The van der Waals surface area contributed by atoms with Gasteiger partial charge in [0.05, 0.1) is 5.92 Å². The van der Waals surface area contributed by atoms with Crippen LogP contribution < -0.4 is 0 Å². The van der Waals surface area contributed by atoms with Gasteiger partial charge in [0, 0.05) is 55.2 Å². The zero-order valence-electron chi connectivity index (χ0n) is 20.7. The smallest absolute Gasteiger partial charge is 0.232 e. The number of rotatable bonds is 8. The highest BCUT2D eigenvalue weighted by atomic mass is 16.2. The molecule has 2 heterocycles. The van der Waals surface area contributed by atoms with E-state index in [1.807, 2.05) is 24.8 Å². The number of fused-ring (bicyclic) bond motifs is 2. The molecule has 6 nitrogen and oxygen atoms in total. The second kappa shape index (κ2) is 10.2. The lowest BCUT2D eigenvalue weighted by Crippen LogP contribution is -2.54. The summed E-state index contributed by atoms with van der Waals surface area (Å²) in [5, 5.41) is 1.37. The molecule has 1 aliphatic heterocycles. The molecule has 1 aliphatic carbocycles. The maximum absolute atomic E-state index is 13.9. The van der Waals surface area contributed by atoms with Crippen molar-refractivity contribution in [2.75, 3.05) is 46.8 Å². The molecule has 2 aliphatic rings. The summed E-state index contributed by atoms with van der Waals surface area (Å²) in [4.78, 5) is 28.6. The number of nitrogens with one attached hydrogen (secondary N) is 1. The van der Waals surface area contributed by atoms with E-state index >= 15 is 0 Å². The first-order valence-corrected chi connectivity index (χ1v) is 12.4. The van der Waals surface area contributed by atoms with Crippen LogP contribution in [-0.4, -0.2) is 84.3 Å². The van der Waals surface area contributed by atoms with E-state index in [-0.39, 0.29) is 11.8 Å². The van der Waals surface area contributed by atoms with Crippen molar-refractivity contribution in [1.29, 1.82) is 0 Å². The average Bonchev–Trinajstić information content (AvgIpc) is 3.21. The lowest BCUT2D eigenvalue weighted by Gasteiger charge is -2.47. The molecule has 1 amide bonds. The topological polar surface area (TPSA) is 54.9 Å². The van der Waals surface area contributed by atoms with Crippen molar-refractivity contribution in [2.24, 2.45) is 10.9 Å². The molecular weight excluding hydrogens is 410 g/mol. The lowest BCUT2D eigenvalue weighted by molar-refractivity contribution is -0.134. The van der Waals surface area contributed by atoms with Gasteiger partial charge in [0.25, 0.3) is 0 Å². The van der Waals surface area contributed by atoms with Gasteiger partial charge in [-0.2, -0.15) is 0 Å². The lowest BCUT2D eigenvalue weighted by atomic mass is 9.72. The number of amides is 1. The second-order valence-electron chi connectivity index (χ2n) is 9.81. The van der Waals surface area contributed by atoms with Crippen LogP contribution in [0.4, 0.5) is 0 Å². The molecule has 178 valence electrons. The molecule has 4 rings (SSSR count). The SMILES string of the molecule is C=CCN1C[C@H](C(=O)N(CCCN(C)C)C(C)=NCC)C[C@@H]2c3cccc4[nH]cc(c34)C[C@H]21. The standard InChI is InChI=1S/C27H39N5O/c1-6-12-31-18-21(27(33)32(19(3)28-7-2)14-9-13-30(4)5)15-23-22-10-8-11-24-26(22)20(17-29-24)16-25(23)31/h6,8,10-11,17,21,23,25,29H,1,7,9,12-16,18H2,2-5H3/t21-,23-,25-/m1/s1. The van der Waals surface area contributed by atoms with Crippen LogP contribution in [-0.2, 0) is 11.2 Å². The number of carbonyl (C=O) groups is 1. The third-order valence-electron chi connectivity index (χ3n) is 7.32. The Kier molecular flexibility index (Phi) is 7.35. The summed E-state index contributed by atoms with van der Waals surface area (Å²) >= 11 is 0. The van der Waals surface area contributed by atoms with E-state index < -0.39 is 0 Å². The number of hydrogen-bond acceptors (Lipinski definition) is 4. The predicted octanol–water partition coefficient (Wildman–Crippen LogP) is 3.90. The van der Waals surface area contributed by atoms with E-state index in [1.54, 1.807) is 0 Å². The normalized spacial score (nSPS) is 23.1. The summed E-state index contributed by atoms with van der Waals surface area (Å²) in [6.45, 7) is 12.0. The Bertz CT molecular complexity index is 1020. The van der Waals surface area contributed by atoms with Gasteiger partial charge >= 0.3 is 0 Å². The molecule has 1 N–H and O–H groups in total. The number of piperidine rings is 1. The van der Waals surface area contributed by atoms with Crippen LogP contribution in [0.1, 0.15) is 43.7 Å². The van der Waals surface area contributed by atoms with Gasteiger partial charge in [-0.1, -0.05) is 18.2 Å². The van der Waals surface area contributed by atoms with Crippen molar-refractivity contribution in [3.63, 3.8) is 0 Å². The quantitative estimate of drug-likeness (QED) is 0.378. The summed E-state index contributed by atoms with van der Waals surface area (Å²) in [6.07, 6.45) is 7.01. The van der Waals surface area contributed by atoms with Gasteiger partial charge < -0.3 is 14.8 Å². The molecule has 0 spiro atoms. The third kappa shape index (κ3) is 4.78. The summed E-state index contributed by atoms with van der Waals surface area (Å²) < 4.78 is 0. The van der Waals surface area contributed by atoms with Crippen LogP contribution >= 0.6 is 0 Å². The maximum Gasteiger partial charge on any atom is 0.232 e. The Balaban J connectivity index is 1.63. The summed E-state index contributed by atoms with van der Waals surface area (Å²) in [5.74, 6) is 1.38. The molecule has 3 atom stereocenters. The highest BCUT2D eigenvalue weighted by Crippen LogP contribution is 2.45. The molecule has 0 radical (unpaired) electrons. The number of hydrogen-bond donors (Lipinski definition) is 1. The minimum atomic E-state index is -0.0386.